The highest BCUT2D eigenvalue weighted by molar-refractivity contribution is 7.89. The van der Waals surface area contributed by atoms with Gasteiger partial charge in [0, 0.05) is 12.3 Å². The molecule has 0 aliphatic carbocycles. The maximum atomic E-state index is 12.1. The topological polar surface area (TPSA) is 115 Å². The second-order valence-corrected chi connectivity index (χ2v) is 6.08. The van der Waals surface area contributed by atoms with Crippen LogP contribution in [0.25, 0.3) is 0 Å². The Hall–Kier alpha value is -2.10. The molecule has 1 aromatic heterocycles. The molecular weight excluding hydrogens is 320 g/mol. The Kier molecular flexibility index (Phi) is 4.46. The summed E-state index contributed by atoms with van der Waals surface area (Å²) in [4.78, 5) is 9.77. The number of aromatic nitrogens is 2. The van der Waals surface area contributed by atoms with E-state index in [0.717, 1.165) is 12.1 Å². The van der Waals surface area contributed by atoms with Crippen molar-refractivity contribution in [3.05, 3.63) is 57.4 Å². The van der Waals surface area contributed by atoms with E-state index in [9.17, 15) is 18.5 Å². The van der Waals surface area contributed by atoms with Crippen molar-refractivity contribution in [2.45, 2.75) is 11.4 Å². The third-order valence-corrected chi connectivity index (χ3v) is 4.21. The number of hydrogen-bond donors (Lipinski definition) is 1. The molecule has 0 fully saturated rings. The first-order valence-corrected chi connectivity index (χ1v) is 7.46. The van der Waals surface area contributed by atoms with Crippen LogP contribution < -0.4 is 4.72 Å². The highest BCUT2D eigenvalue weighted by Gasteiger charge is 2.20. The zero-order valence-corrected chi connectivity index (χ0v) is 12.0. The molecule has 2 rings (SSSR count). The Morgan fingerprint density at radius 1 is 1.33 bits per heavy atom. The molecule has 0 saturated heterocycles. The van der Waals surface area contributed by atoms with E-state index < -0.39 is 20.6 Å². The average molecular weight is 329 g/mol. The van der Waals surface area contributed by atoms with Gasteiger partial charge in [-0.25, -0.2) is 13.1 Å². The predicted octanol–water partition coefficient (Wildman–Crippen LogP) is 1.52. The molecule has 0 amide bonds. The average Bonchev–Trinajstić information content (AvgIpc) is 2.46. The van der Waals surface area contributed by atoms with Crippen LogP contribution in [0.1, 0.15) is 5.69 Å². The van der Waals surface area contributed by atoms with Crippen LogP contribution in [0.3, 0.4) is 0 Å². The van der Waals surface area contributed by atoms with Gasteiger partial charge in [0.05, 0.1) is 22.1 Å². The zero-order chi connectivity index (χ0) is 15.5. The van der Waals surface area contributed by atoms with Crippen LogP contribution in [0.2, 0.25) is 5.02 Å². The van der Waals surface area contributed by atoms with Gasteiger partial charge in [0.2, 0.25) is 10.0 Å². The van der Waals surface area contributed by atoms with Gasteiger partial charge in [-0.15, -0.1) is 0 Å². The van der Waals surface area contributed by atoms with Gasteiger partial charge in [-0.05, 0) is 24.3 Å². The lowest BCUT2D eigenvalue weighted by atomic mass is 10.3. The minimum absolute atomic E-state index is 0.0768. The number of halogens is 1. The minimum Gasteiger partial charge on any atom is -0.258 e. The Morgan fingerprint density at radius 2 is 2.10 bits per heavy atom. The third-order valence-electron chi connectivity index (χ3n) is 2.50. The van der Waals surface area contributed by atoms with Gasteiger partial charge in [0.15, 0.2) is 0 Å². The van der Waals surface area contributed by atoms with Crippen molar-refractivity contribution in [2.75, 3.05) is 0 Å². The van der Waals surface area contributed by atoms with E-state index in [1.165, 1.54) is 12.3 Å². The summed E-state index contributed by atoms with van der Waals surface area (Å²) in [5.74, 6) is 0. The van der Waals surface area contributed by atoms with Gasteiger partial charge in [-0.2, -0.15) is 10.2 Å². The number of nitro benzene ring substituents is 1. The fourth-order valence-corrected chi connectivity index (χ4v) is 2.68. The number of nitro groups is 1. The molecule has 10 heteroatoms. The van der Waals surface area contributed by atoms with E-state index in [2.05, 4.69) is 14.9 Å². The first kappa shape index (κ1) is 15.3. The van der Waals surface area contributed by atoms with Crippen LogP contribution in [-0.2, 0) is 16.6 Å². The van der Waals surface area contributed by atoms with Gasteiger partial charge in [0.1, 0.15) is 5.02 Å². The monoisotopic (exact) mass is 328 g/mol. The maximum Gasteiger partial charge on any atom is 0.289 e. The zero-order valence-electron chi connectivity index (χ0n) is 10.4. The quantitative estimate of drug-likeness (QED) is 0.657. The van der Waals surface area contributed by atoms with Crippen LogP contribution in [-0.4, -0.2) is 23.5 Å². The van der Waals surface area contributed by atoms with E-state index >= 15 is 0 Å². The number of nitrogens with zero attached hydrogens (tertiary/aromatic N) is 3. The van der Waals surface area contributed by atoms with Crippen LogP contribution in [0, 0.1) is 10.1 Å². The lowest BCUT2D eigenvalue weighted by Gasteiger charge is -2.06. The van der Waals surface area contributed by atoms with Crippen LogP contribution in [0.4, 0.5) is 5.69 Å². The fraction of sp³-hybridized carbons (Fsp3) is 0.0909. The summed E-state index contributed by atoms with van der Waals surface area (Å²) in [6, 6.07) is 6.47. The number of benzene rings is 1. The summed E-state index contributed by atoms with van der Waals surface area (Å²) in [5.41, 5.74) is -0.0522. The summed E-state index contributed by atoms with van der Waals surface area (Å²) in [5, 5.41) is 18.0. The van der Waals surface area contributed by atoms with E-state index in [1.54, 1.807) is 12.1 Å². The Bertz CT molecular complexity index is 767. The third kappa shape index (κ3) is 3.72. The number of rotatable bonds is 5. The van der Waals surface area contributed by atoms with Crippen LogP contribution in [0.5, 0.6) is 0 Å². The van der Waals surface area contributed by atoms with Crippen LogP contribution >= 0.6 is 11.6 Å². The molecule has 0 bridgehead atoms. The Morgan fingerprint density at radius 3 is 2.71 bits per heavy atom. The highest BCUT2D eigenvalue weighted by Crippen LogP contribution is 2.26. The molecule has 1 heterocycles. The number of nitrogens with one attached hydrogen (secondary N) is 1. The van der Waals surface area contributed by atoms with Crippen molar-refractivity contribution in [3.63, 3.8) is 0 Å². The molecule has 21 heavy (non-hydrogen) atoms. The molecule has 1 aromatic carbocycles. The molecule has 2 aromatic rings. The molecule has 110 valence electrons. The largest absolute Gasteiger partial charge is 0.289 e. The van der Waals surface area contributed by atoms with Crippen molar-refractivity contribution >= 4 is 27.3 Å². The van der Waals surface area contributed by atoms with E-state index in [0.29, 0.717) is 5.69 Å². The SMILES string of the molecule is O=[N+]([O-])c1cc(S(=O)(=O)NCc2cccnn2)ccc1Cl. The standard InChI is InChI=1S/C11H9ClN4O4S/c12-10-4-3-9(6-11(10)16(17)18)21(19,20)14-7-8-2-1-5-13-15-8/h1-6,14H,7H2. The fourth-order valence-electron chi connectivity index (χ4n) is 1.48. The molecule has 0 radical (unpaired) electrons. The van der Waals surface area contributed by atoms with Gasteiger partial charge < -0.3 is 0 Å². The van der Waals surface area contributed by atoms with E-state index in [4.69, 9.17) is 11.6 Å². The first-order chi connectivity index (χ1) is 9.90. The lowest BCUT2D eigenvalue weighted by molar-refractivity contribution is -0.384. The van der Waals surface area contributed by atoms with Crippen LogP contribution in [0.15, 0.2) is 41.4 Å². The Labute approximate surface area is 125 Å². The number of hydrogen-bond acceptors (Lipinski definition) is 6. The van der Waals surface area contributed by atoms with Crippen molar-refractivity contribution in [3.8, 4) is 0 Å². The molecular formula is C11H9ClN4O4S. The van der Waals surface area contributed by atoms with Crippen molar-refractivity contribution < 1.29 is 13.3 Å². The molecule has 0 spiro atoms. The maximum absolute atomic E-state index is 12.1. The molecule has 1 N–H and O–H groups in total. The molecule has 0 saturated carbocycles. The first-order valence-electron chi connectivity index (χ1n) is 5.60. The summed E-state index contributed by atoms with van der Waals surface area (Å²) < 4.78 is 26.4. The van der Waals surface area contributed by atoms with E-state index in [1.807, 2.05) is 0 Å². The molecule has 0 aliphatic heterocycles. The summed E-state index contributed by atoms with van der Waals surface area (Å²) in [6.45, 7) is -0.0768. The van der Waals surface area contributed by atoms with Gasteiger partial charge in [-0.3, -0.25) is 10.1 Å². The molecule has 8 nitrogen and oxygen atoms in total. The van der Waals surface area contributed by atoms with Gasteiger partial charge in [0.25, 0.3) is 5.69 Å². The Balaban J connectivity index is 2.24. The summed E-state index contributed by atoms with van der Waals surface area (Å²) in [7, 11) is -3.91. The summed E-state index contributed by atoms with van der Waals surface area (Å²) in [6.07, 6.45) is 1.46. The van der Waals surface area contributed by atoms with E-state index in [-0.39, 0.29) is 16.5 Å². The minimum atomic E-state index is -3.91. The van der Waals surface area contributed by atoms with Gasteiger partial charge >= 0.3 is 0 Å². The molecule has 0 atom stereocenters. The smallest absolute Gasteiger partial charge is 0.258 e. The highest BCUT2D eigenvalue weighted by atomic mass is 35.5. The van der Waals surface area contributed by atoms with Crippen molar-refractivity contribution in [1.82, 2.24) is 14.9 Å². The van der Waals surface area contributed by atoms with Crippen molar-refractivity contribution in [1.29, 1.82) is 0 Å². The number of sulfonamides is 1. The predicted molar refractivity (Wildman–Crippen MR) is 74.2 cm³/mol. The normalized spacial score (nSPS) is 11.3. The lowest BCUT2D eigenvalue weighted by Crippen LogP contribution is -2.23. The summed E-state index contributed by atoms with van der Waals surface area (Å²) >= 11 is 5.64. The van der Waals surface area contributed by atoms with Crippen molar-refractivity contribution in [2.24, 2.45) is 0 Å². The second-order valence-electron chi connectivity index (χ2n) is 3.91. The van der Waals surface area contributed by atoms with Gasteiger partial charge in [-0.1, -0.05) is 11.6 Å². The molecule has 0 unspecified atom stereocenters. The molecule has 0 aliphatic rings. The second kappa shape index (κ2) is 6.12.